The molecule has 2 saturated heterocycles. The van der Waals surface area contributed by atoms with Gasteiger partial charge in [0.15, 0.2) is 0 Å². The number of carbonyl (C=O) groups excluding carboxylic acids is 2. The van der Waals surface area contributed by atoms with Crippen LogP contribution in [0.2, 0.25) is 0 Å². The van der Waals surface area contributed by atoms with Crippen LogP contribution in [0, 0.1) is 11.3 Å². The molecule has 6 heteroatoms. The van der Waals surface area contributed by atoms with Gasteiger partial charge in [0, 0.05) is 37.0 Å². The Balaban J connectivity index is 1.25. The van der Waals surface area contributed by atoms with E-state index in [2.05, 4.69) is 0 Å². The van der Waals surface area contributed by atoms with Gasteiger partial charge in [-0.25, -0.2) is 0 Å². The Morgan fingerprint density at radius 2 is 1.71 bits per heavy atom. The monoisotopic (exact) mass is 402 g/mol. The smallest absolute Gasteiger partial charge is 0.232 e. The predicted octanol–water partition coefficient (Wildman–Crippen LogP) is 3.04. The summed E-state index contributed by atoms with van der Waals surface area (Å²) in [6.45, 7) is 7.06. The highest BCUT2D eigenvalue weighted by Crippen LogP contribution is 2.60. The molecule has 1 spiro atoms. The third-order valence-electron chi connectivity index (χ3n) is 6.44. The van der Waals surface area contributed by atoms with Gasteiger partial charge >= 0.3 is 0 Å². The van der Waals surface area contributed by atoms with Crippen LogP contribution in [0.15, 0.2) is 35.2 Å². The lowest BCUT2D eigenvalue weighted by Crippen LogP contribution is -2.49. The van der Waals surface area contributed by atoms with Gasteiger partial charge in [-0.2, -0.15) is 0 Å². The van der Waals surface area contributed by atoms with E-state index in [9.17, 15) is 9.59 Å². The van der Waals surface area contributed by atoms with E-state index in [0.717, 1.165) is 37.2 Å². The number of morpholine rings is 1. The van der Waals surface area contributed by atoms with Crippen LogP contribution >= 0.6 is 11.8 Å². The maximum atomic E-state index is 13.0. The number of nitrogens with zero attached hydrogens (tertiary/aromatic N) is 2. The molecule has 1 aromatic carbocycles. The summed E-state index contributed by atoms with van der Waals surface area (Å²) in [4.78, 5) is 30.7. The van der Waals surface area contributed by atoms with Crippen molar-refractivity contribution in [3.63, 3.8) is 0 Å². The van der Waals surface area contributed by atoms with Crippen LogP contribution in [0.5, 0.6) is 0 Å². The van der Waals surface area contributed by atoms with Gasteiger partial charge in [0.25, 0.3) is 0 Å². The summed E-state index contributed by atoms with van der Waals surface area (Å²) < 4.78 is 5.76. The second kappa shape index (κ2) is 8.07. The molecule has 0 unspecified atom stereocenters. The Morgan fingerprint density at radius 1 is 1.07 bits per heavy atom. The van der Waals surface area contributed by atoms with E-state index in [1.54, 1.807) is 11.8 Å². The maximum Gasteiger partial charge on any atom is 0.232 e. The lowest BCUT2D eigenvalue weighted by atomic mass is 9.90. The molecule has 3 fully saturated rings. The zero-order chi connectivity index (χ0) is 19.7. The third-order valence-corrected chi connectivity index (χ3v) is 7.43. The Bertz CT molecular complexity index is 708. The number of hydrogen-bond acceptors (Lipinski definition) is 4. The van der Waals surface area contributed by atoms with Crippen molar-refractivity contribution in [1.82, 2.24) is 9.80 Å². The SMILES string of the molecule is C[C@@H]1CN(C(=O)[C@@H]2CC23CCN(C(=O)CSc2ccccc2)CC3)C[C@H](C)O1. The molecule has 2 aliphatic heterocycles. The molecule has 28 heavy (non-hydrogen) atoms. The fourth-order valence-corrected chi connectivity index (χ4v) is 5.60. The van der Waals surface area contributed by atoms with Crippen molar-refractivity contribution in [2.75, 3.05) is 31.9 Å². The van der Waals surface area contributed by atoms with Crippen LogP contribution in [0.25, 0.3) is 0 Å². The molecular formula is C22H30N2O3S. The maximum absolute atomic E-state index is 13.0. The standard InChI is InChI=1S/C22H30N2O3S/c1-16-13-24(14-17(2)27-16)21(26)19-12-22(19)8-10-23(11-9-22)20(25)15-28-18-6-4-3-5-7-18/h3-7,16-17,19H,8-15H2,1-2H3/t16-,17+,19-/m0/s1. The van der Waals surface area contributed by atoms with E-state index in [1.165, 1.54) is 0 Å². The number of piperidine rings is 1. The molecule has 2 heterocycles. The summed E-state index contributed by atoms with van der Waals surface area (Å²) >= 11 is 1.60. The Labute approximate surface area is 171 Å². The molecular weight excluding hydrogens is 372 g/mol. The van der Waals surface area contributed by atoms with Crippen LogP contribution in [-0.4, -0.2) is 65.8 Å². The van der Waals surface area contributed by atoms with Crippen LogP contribution in [0.3, 0.4) is 0 Å². The van der Waals surface area contributed by atoms with Crippen LogP contribution in [-0.2, 0) is 14.3 Å². The number of amides is 2. The summed E-state index contributed by atoms with van der Waals surface area (Å²) in [6, 6.07) is 10.1. The van der Waals surface area contributed by atoms with Gasteiger partial charge in [0.1, 0.15) is 0 Å². The molecule has 1 aromatic rings. The molecule has 3 aliphatic rings. The van der Waals surface area contributed by atoms with Gasteiger partial charge in [-0.15, -0.1) is 11.8 Å². The number of ether oxygens (including phenoxy) is 1. The molecule has 4 rings (SSSR count). The highest BCUT2D eigenvalue weighted by molar-refractivity contribution is 8.00. The number of hydrogen-bond donors (Lipinski definition) is 0. The Morgan fingerprint density at radius 3 is 2.36 bits per heavy atom. The molecule has 5 nitrogen and oxygen atoms in total. The summed E-state index contributed by atoms with van der Waals surface area (Å²) in [5.74, 6) is 1.16. The molecule has 0 aromatic heterocycles. The fraction of sp³-hybridized carbons (Fsp3) is 0.636. The summed E-state index contributed by atoms with van der Waals surface area (Å²) in [5.41, 5.74) is 0.144. The van der Waals surface area contributed by atoms with E-state index in [-0.39, 0.29) is 29.4 Å². The lowest BCUT2D eigenvalue weighted by molar-refractivity contribution is -0.145. The summed E-state index contributed by atoms with van der Waals surface area (Å²) in [5, 5.41) is 0. The number of thioether (sulfide) groups is 1. The second-order valence-electron chi connectivity index (χ2n) is 8.60. The van der Waals surface area contributed by atoms with E-state index < -0.39 is 0 Å². The van der Waals surface area contributed by atoms with Gasteiger partial charge in [0.2, 0.25) is 11.8 Å². The molecule has 1 saturated carbocycles. The number of likely N-dealkylation sites (tertiary alicyclic amines) is 1. The fourth-order valence-electron chi connectivity index (χ4n) is 4.78. The first kappa shape index (κ1) is 19.8. The van der Waals surface area contributed by atoms with Gasteiger partial charge in [-0.3, -0.25) is 9.59 Å². The average Bonchev–Trinajstić information content (AvgIpc) is 3.39. The minimum absolute atomic E-state index is 0.115. The molecule has 3 atom stereocenters. The van der Waals surface area contributed by atoms with E-state index >= 15 is 0 Å². The summed E-state index contributed by atoms with van der Waals surface area (Å²) in [6.07, 6.45) is 3.14. The van der Waals surface area contributed by atoms with Crippen LogP contribution < -0.4 is 0 Å². The van der Waals surface area contributed by atoms with Crippen molar-refractivity contribution in [1.29, 1.82) is 0 Å². The number of benzene rings is 1. The first-order chi connectivity index (χ1) is 13.5. The number of rotatable bonds is 4. The van der Waals surface area contributed by atoms with Gasteiger partial charge in [-0.1, -0.05) is 18.2 Å². The first-order valence-corrected chi connectivity index (χ1v) is 11.4. The Hall–Kier alpha value is -1.53. The van der Waals surface area contributed by atoms with Gasteiger partial charge < -0.3 is 14.5 Å². The largest absolute Gasteiger partial charge is 0.372 e. The zero-order valence-corrected chi connectivity index (χ0v) is 17.6. The van der Waals surface area contributed by atoms with Crippen molar-refractivity contribution in [2.45, 2.75) is 50.2 Å². The van der Waals surface area contributed by atoms with Crippen LogP contribution in [0.4, 0.5) is 0 Å². The molecule has 1 aliphatic carbocycles. The molecule has 152 valence electrons. The predicted molar refractivity (Wildman–Crippen MR) is 110 cm³/mol. The van der Waals surface area contributed by atoms with E-state index in [1.807, 2.05) is 54.0 Å². The van der Waals surface area contributed by atoms with Gasteiger partial charge in [-0.05, 0) is 50.7 Å². The molecule has 0 N–H and O–H groups in total. The summed E-state index contributed by atoms with van der Waals surface area (Å²) in [7, 11) is 0. The average molecular weight is 403 g/mol. The Kier molecular flexibility index (Phi) is 5.70. The zero-order valence-electron chi connectivity index (χ0n) is 16.8. The van der Waals surface area contributed by atoms with Crippen molar-refractivity contribution in [2.24, 2.45) is 11.3 Å². The topological polar surface area (TPSA) is 49.9 Å². The highest BCUT2D eigenvalue weighted by atomic mass is 32.2. The number of carbonyl (C=O) groups is 2. The second-order valence-corrected chi connectivity index (χ2v) is 9.65. The van der Waals surface area contributed by atoms with Crippen molar-refractivity contribution >= 4 is 23.6 Å². The minimum atomic E-state index is 0.115. The minimum Gasteiger partial charge on any atom is -0.372 e. The van der Waals surface area contributed by atoms with Crippen molar-refractivity contribution in [3.05, 3.63) is 30.3 Å². The first-order valence-electron chi connectivity index (χ1n) is 10.4. The normalized spacial score (nSPS) is 29.0. The van der Waals surface area contributed by atoms with Crippen LogP contribution in [0.1, 0.15) is 33.1 Å². The highest BCUT2D eigenvalue weighted by Gasteiger charge is 2.59. The lowest BCUT2D eigenvalue weighted by Gasteiger charge is -2.37. The van der Waals surface area contributed by atoms with E-state index in [0.29, 0.717) is 24.7 Å². The third kappa shape index (κ3) is 4.23. The molecule has 0 bridgehead atoms. The molecule has 2 amide bonds. The van der Waals surface area contributed by atoms with E-state index in [4.69, 9.17) is 4.74 Å². The van der Waals surface area contributed by atoms with Crippen molar-refractivity contribution in [3.8, 4) is 0 Å². The molecule has 0 radical (unpaired) electrons. The van der Waals surface area contributed by atoms with Crippen molar-refractivity contribution < 1.29 is 14.3 Å². The van der Waals surface area contributed by atoms with Gasteiger partial charge in [0.05, 0.1) is 18.0 Å². The quantitative estimate of drug-likeness (QED) is 0.727.